The van der Waals surface area contributed by atoms with Gasteiger partial charge in [0.1, 0.15) is 5.75 Å². The van der Waals surface area contributed by atoms with E-state index >= 15 is 0 Å². The van der Waals surface area contributed by atoms with Gasteiger partial charge in [-0.25, -0.2) is 4.79 Å². The molecule has 0 fully saturated rings. The number of H-pyrrole nitrogens is 1. The van der Waals surface area contributed by atoms with Gasteiger partial charge in [-0.15, -0.1) is 0 Å². The molecule has 0 aliphatic heterocycles. The second-order valence-electron chi connectivity index (χ2n) is 4.61. The third kappa shape index (κ3) is 3.06. The molecule has 1 heterocycles. The summed E-state index contributed by atoms with van der Waals surface area (Å²) in [7, 11) is 0. The van der Waals surface area contributed by atoms with Gasteiger partial charge in [-0.1, -0.05) is 0 Å². The van der Waals surface area contributed by atoms with Crippen LogP contribution in [0.3, 0.4) is 0 Å². The molecule has 0 saturated heterocycles. The highest BCUT2D eigenvalue weighted by Crippen LogP contribution is 2.25. The number of carboxylic acid groups (broad SMARTS) is 1. The molecule has 0 atom stereocenters. The van der Waals surface area contributed by atoms with E-state index in [4.69, 9.17) is 9.84 Å². The van der Waals surface area contributed by atoms with E-state index in [9.17, 15) is 9.59 Å². The Morgan fingerprint density at radius 2 is 2.05 bits per heavy atom. The van der Waals surface area contributed by atoms with Gasteiger partial charge in [-0.3, -0.25) is 4.79 Å². The van der Waals surface area contributed by atoms with Gasteiger partial charge in [0.25, 0.3) is 0 Å². The highest BCUT2D eigenvalue weighted by molar-refractivity contribution is 6.14. The van der Waals surface area contributed by atoms with Crippen LogP contribution in [0, 0.1) is 0 Å². The average Bonchev–Trinajstić information content (AvgIpc) is 2.78. The highest BCUT2D eigenvalue weighted by atomic mass is 16.5. The van der Waals surface area contributed by atoms with Crippen molar-refractivity contribution in [2.24, 2.45) is 0 Å². The van der Waals surface area contributed by atoms with Crippen molar-refractivity contribution in [2.75, 3.05) is 0 Å². The Balaban J connectivity index is 2.38. The summed E-state index contributed by atoms with van der Waals surface area (Å²) in [5, 5.41) is 9.26. The van der Waals surface area contributed by atoms with Crippen molar-refractivity contribution in [3.63, 3.8) is 0 Å². The van der Waals surface area contributed by atoms with Gasteiger partial charge >= 0.3 is 5.97 Å². The molecule has 0 aliphatic rings. The summed E-state index contributed by atoms with van der Waals surface area (Å²) in [5.74, 6) is -0.842. The second kappa shape index (κ2) is 5.61. The molecule has 5 nitrogen and oxygen atoms in total. The summed E-state index contributed by atoms with van der Waals surface area (Å²) in [6.07, 6.45) is 3.48. The molecule has 0 aliphatic carbocycles. The molecule has 0 bridgehead atoms. The summed E-state index contributed by atoms with van der Waals surface area (Å²) < 4.78 is 5.59. The average molecular weight is 273 g/mol. The van der Waals surface area contributed by atoms with E-state index in [-0.39, 0.29) is 11.9 Å². The van der Waals surface area contributed by atoms with Gasteiger partial charge in [0.15, 0.2) is 5.78 Å². The highest BCUT2D eigenvalue weighted by Gasteiger charge is 2.11. The van der Waals surface area contributed by atoms with Crippen LogP contribution in [0.25, 0.3) is 10.9 Å². The van der Waals surface area contributed by atoms with Crippen molar-refractivity contribution in [3.05, 3.63) is 42.1 Å². The monoisotopic (exact) mass is 273 g/mol. The van der Waals surface area contributed by atoms with Gasteiger partial charge in [-0.2, -0.15) is 0 Å². The van der Waals surface area contributed by atoms with Gasteiger partial charge in [0.2, 0.25) is 0 Å². The largest absolute Gasteiger partial charge is 0.491 e. The first-order valence-electron chi connectivity index (χ1n) is 6.20. The molecule has 2 aromatic rings. The maximum Gasteiger partial charge on any atom is 0.328 e. The van der Waals surface area contributed by atoms with Crippen LogP contribution < -0.4 is 4.74 Å². The van der Waals surface area contributed by atoms with Crippen molar-refractivity contribution in [3.8, 4) is 5.75 Å². The summed E-state index contributed by atoms with van der Waals surface area (Å²) in [6.45, 7) is 3.84. The number of ketones is 1. The molecule has 20 heavy (non-hydrogen) atoms. The lowest BCUT2D eigenvalue weighted by molar-refractivity contribution is -0.131. The quantitative estimate of drug-likeness (QED) is 0.648. The minimum atomic E-state index is -1.15. The number of benzene rings is 1. The summed E-state index contributed by atoms with van der Waals surface area (Å²) >= 11 is 0. The topological polar surface area (TPSA) is 79.4 Å². The Labute approximate surface area is 115 Å². The van der Waals surface area contributed by atoms with Gasteiger partial charge in [-0.05, 0) is 38.1 Å². The minimum absolute atomic E-state index is 0.0393. The third-order valence-corrected chi connectivity index (χ3v) is 2.67. The molecule has 0 amide bonds. The van der Waals surface area contributed by atoms with E-state index in [0.29, 0.717) is 16.7 Å². The number of aliphatic carboxylic acids is 1. The Morgan fingerprint density at radius 3 is 2.70 bits per heavy atom. The first-order valence-corrected chi connectivity index (χ1v) is 6.20. The summed E-state index contributed by atoms with van der Waals surface area (Å²) in [6, 6.07) is 5.42. The van der Waals surface area contributed by atoms with E-state index in [1.54, 1.807) is 12.3 Å². The first kappa shape index (κ1) is 13.9. The maximum atomic E-state index is 11.9. The molecule has 1 aromatic heterocycles. The van der Waals surface area contributed by atoms with Crippen molar-refractivity contribution < 1.29 is 19.4 Å². The van der Waals surface area contributed by atoms with E-state index in [1.807, 2.05) is 26.0 Å². The lowest BCUT2D eigenvalue weighted by Crippen LogP contribution is -2.05. The zero-order valence-electron chi connectivity index (χ0n) is 11.2. The van der Waals surface area contributed by atoms with Gasteiger partial charge in [0, 0.05) is 28.7 Å². The molecular weight excluding hydrogens is 258 g/mol. The van der Waals surface area contributed by atoms with Crippen LogP contribution in [-0.4, -0.2) is 27.9 Å². The molecule has 5 heteroatoms. The fourth-order valence-corrected chi connectivity index (χ4v) is 1.89. The Bertz CT molecular complexity index is 682. The Morgan fingerprint density at radius 1 is 1.30 bits per heavy atom. The number of ether oxygens (including phenoxy) is 1. The zero-order valence-corrected chi connectivity index (χ0v) is 11.2. The molecule has 0 unspecified atom stereocenters. The number of fused-ring (bicyclic) bond motifs is 1. The van der Waals surface area contributed by atoms with E-state index in [0.717, 1.165) is 17.7 Å². The predicted molar refractivity (Wildman–Crippen MR) is 75.2 cm³/mol. The molecule has 0 spiro atoms. The lowest BCUT2D eigenvalue weighted by Gasteiger charge is -2.09. The molecule has 2 rings (SSSR count). The number of aromatic nitrogens is 1. The number of carbonyl (C=O) groups is 2. The SMILES string of the molecule is CC(C)Oc1ccc2[nH]cc(C(=O)/C=C/C(=O)O)c2c1. The Hall–Kier alpha value is -2.56. The molecule has 0 radical (unpaired) electrons. The molecule has 2 N–H and O–H groups in total. The number of carbonyl (C=O) groups excluding carboxylic acids is 1. The molecular formula is C15H15NO4. The van der Waals surface area contributed by atoms with Crippen molar-refractivity contribution in [2.45, 2.75) is 20.0 Å². The fourth-order valence-electron chi connectivity index (χ4n) is 1.89. The minimum Gasteiger partial charge on any atom is -0.491 e. The van der Waals surface area contributed by atoms with Crippen LogP contribution in [-0.2, 0) is 4.79 Å². The number of hydrogen-bond acceptors (Lipinski definition) is 3. The smallest absolute Gasteiger partial charge is 0.328 e. The third-order valence-electron chi connectivity index (χ3n) is 2.67. The van der Waals surface area contributed by atoms with Crippen LogP contribution >= 0.6 is 0 Å². The van der Waals surface area contributed by atoms with Crippen LogP contribution in [0.4, 0.5) is 0 Å². The number of rotatable bonds is 5. The van der Waals surface area contributed by atoms with E-state index < -0.39 is 5.97 Å². The number of aromatic amines is 1. The van der Waals surface area contributed by atoms with E-state index in [1.165, 1.54) is 0 Å². The van der Waals surface area contributed by atoms with E-state index in [2.05, 4.69) is 4.98 Å². The van der Waals surface area contributed by atoms with Crippen molar-refractivity contribution in [1.82, 2.24) is 4.98 Å². The molecule has 1 aromatic carbocycles. The van der Waals surface area contributed by atoms with Crippen LogP contribution in [0.1, 0.15) is 24.2 Å². The Kier molecular flexibility index (Phi) is 3.89. The zero-order chi connectivity index (χ0) is 14.7. The number of nitrogens with one attached hydrogen (secondary N) is 1. The standard InChI is InChI=1S/C15H15NO4/c1-9(2)20-10-3-4-13-11(7-10)12(8-16-13)14(17)5-6-15(18)19/h3-9,16H,1-2H3,(H,18,19)/b6-5+. The summed E-state index contributed by atoms with van der Waals surface area (Å²) in [4.78, 5) is 25.4. The van der Waals surface area contributed by atoms with Crippen LogP contribution in [0.5, 0.6) is 5.75 Å². The van der Waals surface area contributed by atoms with Gasteiger partial charge in [0.05, 0.1) is 6.10 Å². The number of allylic oxidation sites excluding steroid dienone is 1. The predicted octanol–water partition coefficient (Wildman–Crippen LogP) is 2.78. The van der Waals surface area contributed by atoms with Crippen LogP contribution in [0.15, 0.2) is 36.5 Å². The molecule has 104 valence electrons. The van der Waals surface area contributed by atoms with Crippen molar-refractivity contribution >= 4 is 22.7 Å². The first-order chi connectivity index (χ1) is 9.47. The number of hydrogen-bond donors (Lipinski definition) is 2. The maximum absolute atomic E-state index is 11.9. The fraction of sp³-hybridized carbons (Fsp3) is 0.200. The number of carboxylic acids is 1. The van der Waals surface area contributed by atoms with Crippen molar-refractivity contribution in [1.29, 1.82) is 0 Å². The lowest BCUT2D eigenvalue weighted by atomic mass is 10.1. The van der Waals surface area contributed by atoms with Crippen LogP contribution in [0.2, 0.25) is 0 Å². The normalized spacial score (nSPS) is 11.3. The molecule has 0 saturated carbocycles. The second-order valence-corrected chi connectivity index (χ2v) is 4.61. The summed E-state index contributed by atoms with van der Waals surface area (Å²) in [5.41, 5.74) is 1.22. The van der Waals surface area contributed by atoms with Gasteiger partial charge < -0.3 is 14.8 Å².